The Morgan fingerprint density at radius 3 is 2.14 bits per heavy atom. The van der Waals surface area contributed by atoms with Gasteiger partial charge in [-0.1, -0.05) is 0 Å². The van der Waals surface area contributed by atoms with Crippen molar-refractivity contribution in [2.75, 3.05) is 25.7 Å². The van der Waals surface area contributed by atoms with Crippen LogP contribution in [0.1, 0.15) is 12.8 Å². The summed E-state index contributed by atoms with van der Waals surface area (Å²) < 4.78 is 46.3. The van der Waals surface area contributed by atoms with Crippen molar-refractivity contribution < 1.29 is 51.6 Å². The third kappa shape index (κ3) is 15.6. The molecule has 0 atom stereocenters. The summed E-state index contributed by atoms with van der Waals surface area (Å²) in [6.45, 7) is 3.20. The van der Waals surface area contributed by atoms with Gasteiger partial charge < -0.3 is 9.08 Å². The van der Waals surface area contributed by atoms with Gasteiger partial charge in [0.2, 0.25) is 0 Å². The second-order valence-electron chi connectivity index (χ2n) is 3.05. The Hall–Kier alpha value is 1.10. The van der Waals surface area contributed by atoms with Gasteiger partial charge in [0.15, 0.2) is 7.37 Å². The molecule has 0 N–H and O–H groups in total. The van der Waals surface area contributed by atoms with E-state index in [1.807, 2.05) is 0 Å². The van der Waals surface area contributed by atoms with Crippen molar-refractivity contribution in [1.82, 2.24) is 0 Å². The van der Waals surface area contributed by atoms with Crippen LogP contribution in [-0.4, -0.2) is 38.7 Å². The summed E-state index contributed by atoms with van der Waals surface area (Å²) in [4.78, 5) is 0. The van der Waals surface area contributed by atoms with Gasteiger partial charge in [0, 0.05) is 19.1 Å². The summed E-state index contributed by atoms with van der Waals surface area (Å²) in [5.74, 6) is -0.381. The van der Waals surface area contributed by atoms with Gasteiger partial charge in [-0.15, -0.1) is 0 Å². The first-order valence-electron chi connectivity index (χ1n) is 3.84. The van der Waals surface area contributed by atoms with Crippen molar-refractivity contribution in [1.29, 1.82) is 0 Å². The van der Waals surface area contributed by atoms with Gasteiger partial charge >= 0.3 is 29.6 Å². The van der Waals surface area contributed by atoms with E-state index in [1.54, 1.807) is 0 Å². The number of hydrogen-bond acceptors (Lipinski definition) is 5. The van der Waals surface area contributed by atoms with Gasteiger partial charge in [-0.25, -0.2) is 8.42 Å². The van der Waals surface area contributed by atoms with Crippen molar-refractivity contribution in [3.8, 4) is 0 Å². The van der Waals surface area contributed by atoms with Crippen molar-refractivity contribution in [3.63, 3.8) is 0 Å². The molecule has 0 heterocycles. The molecule has 0 aliphatic heterocycles. The molecule has 8 heteroatoms. The van der Waals surface area contributed by atoms with E-state index in [0.29, 0.717) is 6.42 Å². The summed E-state index contributed by atoms with van der Waals surface area (Å²) in [6.07, 6.45) is 0.693. The normalized spacial score (nSPS) is 12.2. The van der Waals surface area contributed by atoms with Crippen LogP contribution in [0.5, 0.6) is 0 Å². The van der Waals surface area contributed by atoms with Crippen LogP contribution in [-0.2, 0) is 19.2 Å². The molecule has 0 aromatic heterocycles. The van der Waals surface area contributed by atoms with Crippen LogP contribution in [0.15, 0.2) is 0 Å². The fraction of sp³-hybridized carbons (Fsp3) is 1.00. The minimum absolute atomic E-state index is 0. The Kier molecular flexibility index (Phi) is 9.23. The van der Waals surface area contributed by atoms with E-state index in [1.165, 1.54) is 13.3 Å². The summed E-state index contributed by atoms with van der Waals surface area (Å²) in [5, 5.41) is 0. The monoisotopic (exact) mass is 252 g/mol. The summed E-state index contributed by atoms with van der Waals surface area (Å²) >= 11 is 0. The predicted octanol–water partition coefficient (Wildman–Crippen LogP) is -2.13. The standard InChI is InChI=1S/C6H15O5PS.Na/c1-12(2,7)11-5-3-4-6-13(8,9)10;/h3-6H2,1-2H3,(H,8,9,10);/q;+1/p-1. The molecule has 0 saturated carbocycles. The molecular formula is C6H14NaO5PS. The smallest absolute Gasteiger partial charge is 0.748 e. The third-order valence-corrected chi connectivity index (χ3v) is 2.78. The van der Waals surface area contributed by atoms with Gasteiger partial charge in [-0.05, 0) is 12.8 Å². The van der Waals surface area contributed by atoms with Gasteiger partial charge in [0.1, 0.15) is 0 Å². The maximum absolute atomic E-state index is 11.0. The Balaban J connectivity index is 0. The average molecular weight is 252 g/mol. The number of hydrogen-bond donors (Lipinski definition) is 0. The summed E-state index contributed by atoms with van der Waals surface area (Å²) in [5.41, 5.74) is 0. The van der Waals surface area contributed by atoms with Crippen LogP contribution in [0.4, 0.5) is 0 Å². The van der Waals surface area contributed by atoms with Crippen molar-refractivity contribution in [2.45, 2.75) is 12.8 Å². The molecule has 0 aromatic rings. The Morgan fingerprint density at radius 2 is 1.79 bits per heavy atom. The third-order valence-electron chi connectivity index (χ3n) is 1.19. The second-order valence-corrected chi connectivity index (χ2v) is 7.34. The second kappa shape index (κ2) is 7.39. The van der Waals surface area contributed by atoms with Crippen LogP contribution in [0, 0.1) is 0 Å². The minimum Gasteiger partial charge on any atom is -0.748 e. The van der Waals surface area contributed by atoms with Gasteiger partial charge in [-0.3, -0.25) is 4.57 Å². The van der Waals surface area contributed by atoms with Crippen molar-refractivity contribution >= 4 is 17.5 Å². The van der Waals surface area contributed by atoms with Gasteiger partial charge in [0.05, 0.1) is 16.7 Å². The van der Waals surface area contributed by atoms with E-state index in [-0.39, 0.29) is 48.3 Å². The fourth-order valence-electron chi connectivity index (χ4n) is 0.665. The van der Waals surface area contributed by atoms with E-state index in [2.05, 4.69) is 0 Å². The first-order valence-corrected chi connectivity index (χ1v) is 7.93. The topological polar surface area (TPSA) is 83.5 Å². The molecule has 0 rings (SSSR count). The van der Waals surface area contributed by atoms with Crippen LogP contribution in [0.3, 0.4) is 0 Å². The molecule has 0 amide bonds. The first kappa shape index (κ1) is 17.5. The summed E-state index contributed by atoms with van der Waals surface area (Å²) in [7, 11) is -6.59. The fourth-order valence-corrected chi connectivity index (χ4v) is 1.79. The zero-order valence-electron chi connectivity index (χ0n) is 8.73. The van der Waals surface area contributed by atoms with Crippen molar-refractivity contribution in [2.24, 2.45) is 0 Å². The first-order chi connectivity index (χ1) is 5.71. The molecule has 0 unspecified atom stereocenters. The molecule has 5 nitrogen and oxygen atoms in total. The SMILES string of the molecule is CP(C)(=O)OCCCCS(=O)(=O)[O-].[Na+]. The molecule has 0 aliphatic carbocycles. The van der Waals surface area contributed by atoms with Crippen LogP contribution in [0.25, 0.3) is 0 Å². The van der Waals surface area contributed by atoms with E-state index in [4.69, 9.17) is 4.52 Å². The van der Waals surface area contributed by atoms with E-state index >= 15 is 0 Å². The Bertz CT molecular complexity index is 283. The molecule has 0 fully saturated rings. The molecule has 0 bridgehead atoms. The maximum atomic E-state index is 11.0. The van der Waals surface area contributed by atoms with Gasteiger partial charge in [-0.2, -0.15) is 0 Å². The quantitative estimate of drug-likeness (QED) is 0.233. The van der Waals surface area contributed by atoms with E-state index in [0.717, 1.165) is 0 Å². The Labute approximate surface area is 107 Å². The predicted molar refractivity (Wildman–Crippen MR) is 49.2 cm³/mol. The molecule has 0 saturated heterocycles. The van der Waals surface area contributed by atoms with E-state index < -0.39 is 17.5 Å². The number of rotatable bonds is 6. The number of unbranched alkanes of at least 4 members (excludes halogenated alkanes) is 1. The zero-order valence-corrected chi connectivity index (χ0v) is 12.4. The van der Waals surface area contributed by atoms with Crippen molar-refractivity contribution in [3.05, 3.63) is 0 Å². The van der Waals surface area contributed by atoms with E-state index in [9.17, 15) is 17.5 Å². The largest absolute Gasteiger partial charge is 1.00 e. The summed E-state index contributed by atoms with van der Waals surface area (Å²) in [6, 6.07) is 0. The molecule has 0 aliphatic rings. The Morgan fingerprint density at radius 1 is 1.29 bits per heavy atom. The average Bonchev–Trinajstić information content (AvgIpc) is 1.81. The molecule has 0 radical (unpaired) electrons. The van der Waals surface area contributed by atoms with Crippen LogP contribution in [0.2, 0.25) is 0 Å². The molecular weight excluding hydrogens is 238 g/mol. The minimum atomic E-state index is -4.11. The van der Waals surface area contributed by atoms with Crippen LogP contribution < -0.4 is 29.6 Å². The molecule has 80 valence electrons. The van der Waals surface area contributed by atoms with Gasteiger partial charge in [0.25, 0.3) is 0 Å². The molecule has 14 heavy (non-hydrogen) atoms. The zero-order chi connectivity index (χ0) is 10.5. The van der Waals surface area contributed by atoms with Crippen LogP contribution >= 0.6 is 7.37 Å². The molecule has 0 aromatic carbocycles. The molecule has 0 spiro atoms. The maximum Gasteiger partial charge on any atom is 1.00 e.